The molecule has 0 heterocycles. The SMILES string of the molecule is CC/C=C/C=C/C=C/CCCCCCCC(=O)OC(COC(=O)CCCCCCCCCCCCCCC)COP(=O)(O)OCCN. The van der Waals surface area contributed by atoms with Crippen molar-refractivity contribution in [2.75, 3.05) is 26.4 Å². The fraction of sp³-hybridized carbons (Fsp3) is 0.784. The van der Waals surface area contributed by atoms with Gasteiger partial charge in [-0.1, -0.05) is 147 Å². The van der Waals surface area contributed by atoms with Gasteiger partial charge in [0.1, 0.15) is 6.61 Å². The molecule has 3 N–H and O–H groups in total. The molecule has 0 amide bonds. The predicted molar refractivity (Wildman–Crippen MR) is 192 cm³/mol. The molecule has 47 heavy (non-hydrogen) atoms. The van der Waals surface area contributed by atoms with Gasteiger partial charge in [0.15, 0.2) is 6.10 Å². The van der Waals surface area contributed by atoms with Crippen LogP contribution in [-0.4, -0.2) is 49.3 Å². The summed E-state index contributed by atoms with van der Waals surface area (Å²) in [7, 11) is -4.37. The molecule has 0 saturated carbocycles. The molecule has 0 rings (SSSR count). The molecular formula is C37H68NO8P. The van der Waals surface area contributed by atoms with Gasteiger partial charge >= 0.3 is 19.8 Å². The molecule has 0 fully saturated rings. The van der Waals surface area contributed by atoms with E-state index in [1.54, 1.807) is 0 Å². The normalized spacial score (nSPS) is 13.9. The summed E-state index contributed by atoms with van der Waals surface area (Å²) >= 11 is 0. The van der Waals surface area contributed by atoms with Crippen molar-refractivity contribution in [1.82, 2.24) is 0 Å². The zero-order valence-corrected chi connectivity index (χ0v) is 30.7. The first-order chi connectivity index (χ1) is 22.8. The van der Waals surface area contributed by atoms with E-state index in [9.17, 15) is 19.0 Å². The van der Waals surface area contributed by atoms with Crippen LogP contribution in [0.3, 0.4) is 0 Å². The Morgan fingerprint density at radius 3 is 1.72 bits per heavy atom. The monoisotopic (exact) mass is 685 g/mol. The number of carbonyl (C=O) groups is 2. The van der Waals surface area contributed by atoms with Crippen LogP contribution < -0.4 is 5.73 Å². The smallest absolute Gasteiger partial charge is 0.462 e. The van der Waals surface area contributed by atoms with E-state index in [1.807, 2.05) is 18.2 Å². The molecule has 0 spiro atoms. The first-order valence-electron chi connectivity index (χ1n) is 18.5. The number of rotatable bonds is 34. The minimum Gasteiger partial charge on any atom is -0.462 e. The Morgan fingerprint density at radius 2 is 1.17 bits per heavy atom. The second-order valence-electron chi connectivity index (χ2n) is 12.1. The van der Waals surface area contributed by atoms with E-state index in [4.69, 9.17) is 24.3 Å². The first kappa shape index (κ1) is 45.2. The van der Waals surface area contributed by atoms with E-state index in [0.717, 1.165) is 57.8 Å². The van der Waals surface area contributed by atoms with Crippen molar-refractivity contribution >= 4 is 19.8 Å². The fourth-order valence-electron chi connectivity index (χ4n) is 4.87. The lowest BCUT2D eigenvalue weighted by atomic mass is 10.0. The Morgan fingerprint density at radius 1 is 0.660 bits per heavy atom. The van der Waals surface area contributed by atoms with Gasteiger partial charge in [-0.2, -0.15) is 0 Å². The molecule has 0 aliphatic carbocycles. The maximum absolute atomic E-state index is 12.5. The number of hydrogen-bond donors (Lipinski definition) is 2. The third-order valence-corrected chi connectivity index (χ3v) is 8.59. The van der Waals surface area contributed by atoms with Crippen molar-refractivity contribution in [3.05, 3.63) is 36.5 Å². The number of ether oxygens (including phenoxy) is 2. The molecule has 0 aromatic rings. The highest BCUT2D eigenvalue weighted by Crippen LogP contribution is 2.43. The lowest BCUT2D eigenvalue weighted by Gasteiger charge is -2.19. The molecule has 2 unspecified atom stereocenters. The van der Waals surface area contributed by atoms with Crippen LogP contribution in [0, 0.1) is 0 Å². The fourth-order valence-corrected chi connectivity index (χ4v) is 5.63. The van der Waals surface area contributed by atoms with E-state index < -0.39 is 26.5 Å². The van der Waals surface area contributed by atoms with Gasteiger partial charge in [-0.05, 0) is 32.1 Å². The highest BCUT2D eigenvalue weighted by molar-refractivity contribution is 7.47. The van der Waals surface area contributed by atoms with E-state index in [0.29, 0.717) is 6.42 Å². The van der Waals surface area contributed by atoms with E-state index in [-0.39, 0.29) is 38.6 Å². The number of esters is 2. The first-order valence-corrected chi connectivity index (χ1v) is 20.0. The Balaban J connectivity index is 4.27. The van der Waals surface area contributed by atoms with Crippen LogP contribution in [0.25, 0.3) is 0 Å². The summed E-state index contributed by atoms with van der Waals surface area (Å²) in [6.07, 6.45) is 34.6. The highest BCUT2D eigenvalue weighted by atomic mass is 31.2. The summed E-state index contributed by atoms with van der Waals surface area (Å²) in [5.74, 6) is -0.853. The molecule has 10 heteroatoms. The third-order valence-electron chi connectivity index (χ3n) is 7.60. The van der Waals surface area contributed by atoms with Gasteiger partial charge in [0.2, 0.25) is 0 Å². The van der Waals surface area contributed by atoms with Crippen molar-refractivity contribution in [3.63, 3.8) is 0 Å². The average Bonchev–Trinajstić information content (AvgIpc) is 3.05. The molecule has 0 aromatic carbocycles. The minimum absolute atomic E-state index is 0.0497. The number of allylic oxidation sites excluding steroid dienone is 6. The van der Waals surface area contributed by atoms with Crippen LogP contribution in [0.5, 0.6) is 0 Å². The zero-order chi connectivity index (χ0) is 34.7. The minimum atomic E-state index is -4.37. The van der Waals surface area contributed by atoms with Crippen molar-refractivity contribution in [2.24, 2.45) is 5.73 Å². The molecule has 0 aliphatic heterocycles. The molecular weight excluding hydrogens is 617 g/mol. The van der Waals surface area contributed by atoms with Crippen molar-refractivity contribution in [2.45, 2.75) is 161 Å². The van der Waals surface area contributed by atoms with Crippen LogP contribution in [0.1, 0.15) is 155 Å². The summed E-state index contributed by atoms with van der Waals surface area (Å²) < 4.78 is 32.6. The molecule has 274 valence electrons. The summed E-state index contributed by atoms with van der Waals surface area (Å²) in [4.78, 5) is 34.6. The zero-order valence-electron chi connectivity index (χ0n) is 29.8. The van der Waals surface area contributed by atoms with E-state index in [1.165, 1.54) is 64.2 Å². The number of unbranched alkanes of at least 4 members (excludes halogenated alkanes) is 17. The van der Waals surface area contributed by atoms with Crippen LogP contribution in [-0.2, 0) is 32.7 Å². The predicted octanol–water partition coefficient (Wildman–Crippen LogP) is 9.82. The molecule has 0 bridgehead atoms. The Hall–Kier alpha value is -1.77. The van der Waals surface area contributed by atoms with Gasteiger partial charge < -0.3 is 20.1 Å². The average molecular weight is 686 g/mol. The van der Waals surface area contributed by atoms with E-state index in [2.05, 4.69) is 32.1 Å². The van der Waals surface area contributed by atoms with Gasteiger partial charge in [0, 0.05) is 19.4 Å². The van der Waals surface area contributed by atoms with Gasteiger partial charge in [-0.25, -0.2) is 4.57 Å². The summed E-state index contributed by atoms with van der Waals surface area (Å²) in [5.41, 5.74) is 5.32. The van der Waals surface area contributed by atoms with Crippen molar-refractivity contribution in [1.29, 1.82) is 0 Å². The molecule has 0 aliphatic rings. The lowest BCUT2D eigenvalue weighted by molar-refractivity contribution is -0.161. The van der Waals surface area contributed by atoms with Gasteiger partial charge in [0.25, 0.3) is 0 Å². The summed E-state index contributed by atoms with van der Waals surface area (Å²) in [5, 5.41) is 0. The Kier molecular flexibility index (Phi) is 32.8. The van der Waals surface area contributed by atoms with Crippen LogP contribution in [0.15, 0.2) is 36.5 Å². The number of carbonyl (C=O) groups excluding carboxylic acids is 2. The second-order valence-corrected chi connectivity index (χ2v) is 13.6. The molecule has 2 atom stereocenters. The van der Waals surface area contributed by atoms with Gasteiger partial charge in [0.05, 0.1) is 13.2 Å². The van der Waals surface area contributed by atoms with E-state index >= 15 is 0 Å². The lowest BCUT2D eigenvalue weighted by Crippen LogP contribution is -2.29. The molecule has 9 nitrogen and oxygen atoms in total. The Labute approximate surface area is 286 Å². The quantitative estimate of drug-likeness (QED) is 0.0294. The van der Waals surface area contributed by atoms with Gasteiger partial charge in [-0.3, -0.25) is 18.6 Å². The van der Waals surface area contributed by atoms with Crippen LogP contribution in [0.4, 0.5) is 0 Å². The third kappa shape index (κ3) is 33.9. The second kappa shape index (κ2) is 34.1. The van der Waals surface area contributed by atoms with Crippen molar-refractivity contribution in [3.8, 4) is 0 Å². The van der Waals surface area contributed by atoms with Gasteiger partial charge in [-0.15, -0.1) is 0 Å². The topological polar surface area (TPSA) is 134 Å². The Bertz CT molecular complexity index is 876. The number of nitrogens with two attached hydrogens (primary N) is 1. The number of phosphoric acid groups is 1. The maximum atomic E-state index is 12.5. The summed E-state index contributed by atoms with van der Waals surface area (Å²) in [6, 6.07) is 0. The van der Waals surface area contributed by atoms with Crippen LogP contribution in [0.2, 0.25) is 0 Å². The maximum Gasteiger partial charge on any atom is 0.472 e. The van der Waals surface area contributed by atoms with Crippen LogP contribution >= 0.6 is 7.82 Å². The standard InChI is InChI=1S/C37H68NO8P/c1-3-5-7-9-11-13-15-17-19-21-23-25-27-29-36(39)43-33-35(34-45-47(41,42)44-32-31-38)46-37(40)30-28-26-24-22-20-18-16-14-12-10-8-6-4-2/h6,8,10,12,14,16,35H,3-5,7,9,11,13,15,17-34,38H2,1-2H3,(H,41,42)/b8-6+,12-10+,16-14+. The number of phosphoric ester groups is 1. The number of hydrogen-bond acceptors (Lipinski definition) is 8. The molecule has 0 saturated heterocycles. The molecule has 0 aromatic heterocycles. The molecule has 0 radical (unpaired) electrons. The largest absolute Gasteiger partial charge is 0.472 e. The highest BCUT2D eigenvalue weighted by Gasteiger charge is 2.25. The summed E-state index contributed by atoms with van der Waals surface area (Å²) in [6.45, 7) is 3.56. The van der Waals surface area contributed by atoms with Crippen molar-refractivity contribution < 1.29 is 37.6 Å².